The van der Waals surface area contributed by atoms with Crippen molar-refractivity contribution in [2.45, 2.75) is 23.8 Å². The summed E-state index contributed by atoms with van der Waals surface area (Å²) in [6.07, 6.45) is 4.23. The standard InChI is InChI=1S/C20H19ClN6O4S2/c21-17-14(26-33(30,31)13-5-2-1-3-6-13)9-12(10-23-17)16-11-24-19(32-16)25-20(29)27-8-4-7-15(27)18(22)28/h1-3,5-6,9-11,15,26H,4,7-8H2,(H2,22,28)(H,24,25,29)/t15-/m0/s1. The predicted molar refractivity (Wildman–Crippen MR) is 126 cm³/mol. The summed E-state index contributed by atoms with van der Waals surface area (Å²) in [5.41, 5.74) is 6.03. The molecule has 3 amide bonds. The van der Waals surface area contributed by atoms with E-state index in [1.807, 2.05) is 0 Å². The summed E-state index contributed by atoms with van der Waals surface area (Å²) in [5, 5.41) is 2.97. The lowest BCUT2D eigenvalue weighted by Crippen LogP contribution is -2.45. The van der Waals surface area contributed by atoms with Crippen LogP contribution >= 0.6 is 22.9 Å². The number of urea groups is 1. The number of likely N-dealkylation sites (tertiary alicyclic amines) is 1. The Hall–Kier alpha value is -3.22. The van der Waals surface area contributed by atoms with Gasteiger partial charge in [-0.25, -0.2) is 23.2 Å². The minimum atomic E-state index is -3.85. The molecule has 0 saturated carbocycles. The summed E-state index contributed by atoms with van der Waals surface area (Å²) < 4.78 is 27.7. The van der Waals surface area contributed by atoms with Gasteiger partial charge in [0.1, 0.15) is 6.04 Å². The number of primary amides is 1. The summed E-state index contributed by atoms with van der Waals surface area (Å²) >= 11 is 7.28. The number of nitrogens with two attached hydrogens (primary N) is 1. The van der Waals surface area contributed by atoms with Crippen LogP contribution in [-0.4, -0.2) is 47.8 Å². The van der Waals surface area contributed by atoms with Crippen molar-refractivity contribution in [1.82, 2.24) is 14.9 Å². The molecule has 3 heterocycles. The van der Waals surface area contributed by atoms with Crippen molar-refractivity contribution in [3.63, 3.8) is 0 Å². The second-order valence-corrected chi connectivity index (χ2v) is 10.3. The number of aromatic nitrogens is 2. The number of rotatable bonds is 6. The lowest BCUT2D eigenvalue weighted by Gasteiger charge is -2.21. The van der Waals surface area contributed by atoms with E-state index < -0.39 is 28.0 Å². The first-order valence-corrected chi connectivity index (χ1v) is 12.5. The smallest absolute Gasteiger partial charge is 0.324 e. The molecule has 4 rings (SSSR count). The Morgan fingerprint density at radius 3 is 2.67 bits per heavy atom. The molecule has 1 aliphatic heterocycles. The summed E-state index contributed by atoms with van der Waals surface area (Å²) in [7, 11) is -3.85. The van der Waals surface area contributed by atoms with Crippen molar-refractivity contribution in [2.24, 2.45) is 5.73 Å². The number of nitrogens with zero attached hydrogens (tertiary/aromatic N) is 3. The zero-order valence-corrected chi connectivity index (χ0v) is 19.5. The lowest BCUT2D eigenvalue weighted by atomic mass is 10.2. The Morgan fingerprint density at radius 2 is 1.94 bits per heavy atom. The van der Waals surface area contributed by atoms with Gasteiger partial charge >= 0.3 is 6.03 Å². The Kier molecular flexibility index (Phi) is 6.49. The van der Waals surface area contributed by atoms with Gasteiger partial charge < -0.3 is 10.6 Å². The van der Waals surface area contributed by atoms with Crippen LogP contribution in [0.2, 0.25) is 5.15 Å². The lowest BCUT2D eigenvalue weighted by molar-refractivity contribution is -0.121. The van der Waals surface area contributed by atoms with Gasteiger partial charge in [-0.05, 0) is 31.0 Å². The molecule has 10 nitrogen and oxygen atoms in total. The number of carbonyl (C=O) groups is 2. The van der Waals surface area contributed by atoms with Crippen LogP contribution in [0.4, 0.5) is 15.6 Å². The van der Waals surface area contributed by atoms with E-state index in [9.17, 15) is 18.0 Å². The van der Waals surface area contributed by atoms with Gasteiger partial charge in [0.2, 0.25) is 5.91 Å². The zero-order chi connectivity index (χ0) is 23.6. The van der Waals surface area contributed by atoms with Crippen molar-refractivity contribution in [3.05, 3.63) is 53.9 Å². The first kappa shape index (κ1) is 23.0. The molecule has 4 N–H and O–H groups in total. The fourth-order valence-electron chi connectivity index (χ4n) is 3.39. The monoisotopic (exact) mass is 506 g/mol. The molecule has 0 radical (unpaired) electrons. The summed E-state index contributed by atoms with van der Waals surface area (Å²) in [6, 6.07) is 8.33. The third-order valence-electron chi connectivity index (χ3n) is 4.98. The average molecular weight is 507 g/mol. The van der Waals surface area contributed by atoms with Crippen molar-refractivity contribution in [3.8, 4) is 10.4 Å². The molecule has 1 atom stereocenters. The highest BCUT2D eigenvalue weighted by Gasteiger charge is 2.33. The van der Waals surface area contributed by atoms with Crippen LogP contribution in [-0.2, 0) is 14.8 Å². The number of halogens is 1. The zero-order valence-electron chi connectivity index (χ0n) is 17.1. The Labute approximate surface area is 198 Å². The van der Waals surface area contributed by atoms with Gasteiger partial charge in [0, 0.05) is 24.5 Å². The Balaban J connectivity index is 1.52. The van der Waals surface area contributed by atoms with Crippen LogP contribution in [0.25, 0.3) is 10.4 Å². The molecule has 0 bridgehead atoms. The summed E-state index contributed by atoms with van der Waals surface area (Å²) in [5.74, 6) is -0.541. The van der Waals surface area contributed by atoms with Crippen LogP contribution in [0.5, 0.6) is 0 Å². The fraction of sp³-hybridized carbons (Fsp3) is 0.200. The van der Waals surface area contributed by atoms with Gasteiger partial charge in [0.05, 0.1) is 15.5 Å². The highest BCUT2D eigenvalue weighted by molar-refractivity contribution is 7.92. The molecule has 13 heteroatoms. The van der Waals surface area contributed by atoms with Crippen LogP contribution in [0.1, 0.15) is 12.8 Å². The molecule has 172 valence electrons. The minimum Gasteiger partial charge on any atom is -0.368 e. The fourth-order valence-corrected chi connectivity index (χ4v) is 5.46. The van der Waals surface area contributed by atoms with Crippen molar-refractivity contribution < 1.29 is 18.0 Å². The first-order chi connectivity index (χ1) is 15.7. The largest absolute Gasteiger partial charge is 0.368 e. The maximum atomic E-state index is 12.6. The first-order valence-electron chi connectivity index (χ1n) is 9.81. The molecule has 0 aliphatic carbocycles. The third-order valence-corrected chi connectivity index (χ3v) is 7.63. The van der Waals surface area contributed by atoms with E-state index in [1.54, 1.807) is 24.3 Å². The van der Waals surface area contributed by atoms with E-state index in [-0.39, 0.29) is 15.7 Å². The number of sulfonamides is 1. The SMILES string of the molecule is NC(=O)[C@@H]1CCCN1C(=O)Nc1ncc(-c2cnc(Cl)c(NS(=O)(=O)c3ccccc3)c2)s1. The average Bonchev–Trinajstić information content (AvgIpc) is 3.46. The molecule has 1 saturated heterocycles. The van der Waals surface area contributed by atoms with E-state index in [2.05, 4.69) is 20.0 Å². The van der Waals surface area contributed by atoms with Gasteiger partial charge in [0.15, 0.2) is 10.3 Å². The number of hydrogen-bond donors (Lipinski definition) is 3. The molecule has 2 aromatic heterocycles. The van der Waals surface area contributed by atoms with E-state index in [0.29, 0.717) is 35.0 Å². The van der Waals surface area contributed by atoms with Crippen LogP contribution in [0, 0.1) is 0 Å². The van der Waals surface area contributed by atoms with Crippen molar-refractivity contribution >= 4 is 55.7 Å². The summed E-state index contributed by atoms with van der Waals surface area (Å²) in [4.78, 5) is 34.4. The molecule has 1 aromatic carbocycles. The topological polar surface area (TPSA) is 147 Å². The minimum absolute atomic E-state index is 0.0113. The molecule has 3 aromatic rings. The van der Waals surface area contributed by atoms with Gasteiger partial charge in [0.25, 0.3) is 10.0 Å². The van der Waals surface area contributed by atoms with Crippen LogP contribution < -0.4 is 15.8 Å². The Bertz CT molecular complexity index is 1300. The number of anilines is 2. The molecule has 1 fully saturated rings. The van der Waals surface area contributed by atoms with E-state index in [1.165, 1.54) is 40.8 Å². The second kappa shape index (κ2) is 9.33. The molecule has 1 aliphatic rings. The third kappa shape index (κ3) is 5.07. The highest BCUT2D eigenvalue weighted by Crippen LogP contribution is 2.33. The maximum Gasteiger partial charge on any atom is 0.324 e. The van der Waals surface area contributed by atoms with Crippen LogP contribution in [0.15, 0.2) is 53.7 Å². The maximum absolute atomic E-state index is 12.6. The number of pyridine rings is 1. The van der Waals surface area contributed by atoms with Crippen molar-refractivity contribution in [2.75, 3.05) is 16.6 Å². The predicted octanol–water partition coefficient (Wildman–Crippen LogP) is 3.14. The normalized spacial score (nSPS) is 15.9. The molecule has 0 unspecified atom stereocenters. The number of thiazole rings is 1. The van der Waals surface area contributed by atoms with Gasteiger partial charge in [-0.15, -0.1) is 0 Å². The Morgan fingerprint density at radius 1 is 1.18 bits per heavy atom. The van der Waals surface area contributed by atoms with Gasteiger partial charge in [-0.2, -0.15) is 0 Å². The van der Waals surface area contributed by atoms with Gasteiger partial charge in [-0.1, -0.05) is 41.1 Å². The molecular formula is C20H19ClN6O4S2. The molecule has 0 spiro atoms. The summed E-state index contributed by atoms with van der Waals surface area (Å²) in [6.45, 7) is 0.434. The highest BCUT2D eigenvalue weighted by atomic mass is 35.5. The van der Waals surface area contributed by atoms with E-state index in [4.69, 9.17) is 17.3 Å². The van der Waals surface area contributed by atoms with Crippen molar-refractivity contribution in [1.29, 1.82) is 0 Å². The quantitative estimate of drug-likeness (QED) is 0.437. The number of hydrogen-bond acceptors (Lipinski definition) is 7. The number of amides is 3. The van der Waals surface area contributed by atoms with Crippen LogP contribution in [0.3, 0.4) is 0 Å². The number of benzene rings is 1. The van der Waals surface area contributed by atoms with Gasteiger partial charge in [-0.3, -0.25) is 14.8 Å². The van der Waals surface area contributed by atoms with E-state index >= 15 is 0 Å². The van der Waals surface area contributed by atoms with E-state index in [0.717, 1.165) is 0 Å². The number of nitrogens with one attached hydrogen (secondary N) is 2. The molecular weight excluding hydrogens is 488 g/mol. The second-order valence-electron chi connectivity index (χ2n) is 7.19. The molecule has 33 heavy (non-hydrogen) atoms. The number of carbonyl (C=O) groups excluding carboxylic acids is 2.